The van der Waals surface area contributed by atoms with Crippen molar-refractivity contribution in [2.45, 2.75) is 13.8 Å². The van der Waals surface area contributed by atoms with E-state index >= 15 is 0 Å². The summed E-state index contributed by atoms with van der Waals surface area (Å²) in [6.45, 7) is 4.36. The molecule has 0 aliphatic heterocycles. The molecule has 2 heterocycles. The van der Waals surface area contributed by atoms with Gasteiger partial charge in [0.15, 0.2) is 0 Å². The molecule has 6 rings (SSSR count). The monoisotopic (exact) mass is 374 g/mol. The SMILES string of the molecule is Cc1cc(C)cc(-n2c3ccccc3c3ccc4c(c5ccccc5n4C)c32)c1. The molecule has 0 fully saturated rings. The zero-order chi connectivity index (χ0) is 19.7. The van der Waals surface area contributed by atoms with E-state index in [1.807, 2.05) is 0 Å². The minimum absolute atomic E-state index is 1.23. The highest BCUT2D eigenvalue weighted by Gasteiger charge is 2.18. The van der Waals surface area contributed by atoms with Crippen molar-refractivity contribution in [3.8, 4) is 5.69 Å². The van der Waals surface area contributed by atoms with Gasteiger partial charge >= 0.3 is 0 Å². The molecule has 2 aromatic heterocycles. The fourth-order valence-corrected chi connectivity index (χ4v) is 5.05. The Bertz CT molecular complexity index is 1560. The average molecular weight is 374 g/mol. The highest BCUT2D eigenvalue weighted by molar-refractivity contribution is 6.25. The second-order valence-corrected chi connectivity index (χ2v) is 8.13. The molecular weight excluding hydrogens is 352 g/mol. The number of para-hydroxylation sites is 2. The van der Waals surface area contributed by atoms with Gasteiger partial charge in [0.25, 0.3) is 0 Å². The molecular formula is C27H22N2. The van der Waals surface area contributed by atoms with Gasteiger partial charge in [-0.15, -0.1) is 0 Å². The summed E-state index contributed by atoms with van der Waals surface area (Å²) < 4.78 is 4.77. The molecule has 29 heavy (non-hydrogen) atoms. The minimum atomic E-state index is 1.23. The lowest BCUT2D eigenvalue weighted by Gasteiger charge is -2.11. The molecule has 140 valence electrons. The van der Waals surface area contributed by atoms with Crippen molar-refractivity contribution in [2.75, 3.05) is 0 Å². The van der Waals surface area contributed by atoms with Crippen LogP contribution >= 0.6 is 0 Å². The first-order valence-corrected chi connectivity index (χ1v) is 10.1. The van der Waals surface area contributed by atoms with E-state index in [0.29, 0.717) is 0 Å². The molecule has 0 atom stereocenters. The first-order valence-electron chi connectivity index (χ1n) is 10.1. The van der Waals surface area contributed by atoms with Gasteiger partial charge in [0.2, 0.25) is 0 Å². The average Bonchev–Trinajstić information content (AvgIpc) is 3.20. The second-order valence-electron chi connectivity index (χ2n) is 8.13. The van der Waals surface area contributed by atoms with Crippen molar-refractivity contribution < 1.29 is 0 Å². The maximum absolute atomic E-state index is 2.46. The molecule has 0 aliphatic rings. The lowest BCUT2D eigenvalue weighted by molar-refractivity contribution is 1.01. The summed E-state index contributed by atoms with van der Waals surface area (Å²) in [5, 5.41) is 5.25. The summed E-state index contributed by atoms with van der Waals surface area (Å²) in [5.74, 6) is 0. The van der Waals surface area contributed by atoms with Crippen LogP contribution in [0, 0.1) is 13.8 Å². The van der Waals surface area contributed by atoms with Gasteiger partial charge in [0.05, 0.1) is 16.6 Å². The minimum Gasteiger partial charge on any atom is -0.344 e. The van der Waals surface area contributed by atoms with Crippen molar-refractivity contribution in [3.63, 3.8) is 0 Å². The maximum Gasteiger partial charge on any atom is 0.0641 e. The molecule has 0 radical (unpaired) electrons. The lowest BCUT2D eigenvalue weighted by Crippen LogP contribution is -1.96. The molecule has 0 spiro atoms. The van der Waals surface area contributed by atoms with Gasteiger partial charge in [0, 0.05) is 39.8 Å². The van der Waals surface area contributed by atoms with Crippen LogP contribution in [0.5, 0.6) is 0 Å². The molecule has 2 nitrogen and oxygen atoms in total. The zero-order valence-electron chi connectivity index (χ0n) is 16.9. The first-order chi connectivity index (χ1) is 14.1. The molecule has 2 heteroatoms. The quantitative estimate of drug-likeness (QED) is 0.292. The normalized spacial score (nSPS) is 12.0. The van der Waals surface area contributed by atoms with Crippen molar-refractivity contribution in [1.82, 2.24) is 9.13 Å². The van der Waals surface area contributed by atoms with Gasteiger partial charge in [-0.3, -0.25) is 0 Å². The van der Waals surface area contributed by atoms with Gasteiger partial charge in [-0.05, 0) is 55.3 Å². The fourth-order valence-electron chi connectivity index (χ4n) is 5.05. The van der Waals surface area contributed by atoms with Crippen LogP contribution in [0.1, 0.15) is 11.1 Å². The van der Waals surface area contributed by atoms with Crippen molar-refractivity contribution >= 4 is 43.6 Å². The van der Waals surface area contributed by atoms with Crippen LogP contribution in [0.3, 0.4) is 0 Å². The van der Waals surface area contributed by atoms with Crippen LogP contribution in [0.4, 0.5) is 0 Å². The number of hydrogen-bond acceptors (Lipinski definition) is 0. The highest BCUT2D eigenvalue weighted by atomic mass is 15.0. The van der Waals surface area contributed by atoms with Crippen LogP contribution in [-0.4, -0.2) is 9.13 Å². The van der Waals surface area contributed by atoms with E-state index in [0.717, 1.165) is 0 Å². The van der Waals surface area contributed by atoms with Crippen molar-refractivity contribution in [1.29, 1.82) is 0 Å². The van der Waals surface area contributed by atoms with Crippen LogP contribution < -0.4 is 0 Å². The van der Waals surface area contributed by atoms with Crippen molar-refractivity contribution in [2.24, 2.45) is 7.05 Å². The third kappa shape index (κ3) is 2.17. The summed E-state index contributed by atoms with van der Waals surface area (Å²) in [4.78, 5) is 0. The third-order valence-electron chi connectivity index (χ3n) is 6.18. The molecule has 0 amide bonds. The van der Waals surface area contributed by atoms with Gasteiger partial charge in [-0.1, -0.05) is 48.5 Å². The van der Waals surface area contributed by atoms with E-state index in [-0.39, 0.29) is 0 Å². The maximum atomic E-state index is 2.46. The molecule has 6 aromatic rings. The highest BCUT2D eigenvalue weighted by Crippen LogP contribution is 2.40. The van der Waals surface area contributed by atoms with Crippen LogP contribution in [0.2, 0.25) is 0 Å². The predicted molar refractivity (Wildman–Crippen MR) is 124 cm³/mol. The summed E-state index contributed by atoms with van der Waals surface area (Å²) in [7, 11) is 2.17. The van der Waals surface area contributed by atoms with E-state index in [4.69, 9.17) is 0 Å². The third-order valence-corrected chi connectivity index (χ3v) is 6.18. The standard InChI is InChI=1S/C27H22N2/c1-17-14-18(2)16-19(15-17)29-24-11-7-4-8-20(24)21-12-13-25-26(27(21)29)22-9-5-6-10-23(22)28(25)3/h4-16H,1-3H3. The van der Waals surface area contributed by atoms with E-state index in [1.165, 1.54) is 60.4 Å². The van der Waals surface area contributed by atoms with Crippen LogP contribution in [0.15, 0.2) is 78.9 Å². The van der Waals surface area contributed by atoms with Crippen LogP contribution in [-0.2, 0) is 7.05 Å². The number of rotatable bonds is 1. The fraction of sp³-hybridized carbons (Fsp3) is 0.111. The molecule has 0 aliphatic carbocycles. The Morgan fingerprint density at radius 3 is 2.00 bits per heavy atom. The Morgan fingerprint density at radius 2 is 1.24 bits per heavy atom. The largest absolute Gasteiger partial charge is 0.344 e. The van der Waals surface area contributed by atoms with Gasteiger partial charge in [0.1, 0.15) is 0 Å². The summed E-state index contributed by atoms with van der Waals surface area (Å²) in [6, 6.07) is 28.9. The van der Waals surface area contributed by atoms with E-state index in [2.05, 4.69) is 109 Å². The number of nitrogens with zero attached hydrogens (tertiary/aromatic N) is 2. The molecule has 0 N–H and O–H groups in total. The Labute approximate surface area is 169 Å². The van der Waals surface area contributed by atoms with E-state index in [9.17, 15) is 0 Å². The summed E-state index contributed by atoms with van der Waals surface area (Å²) >= 11 is 0. The Kier molecular flexibility index (Phi) is 3.25. The van der Waals surface area contributed by atoms with Gasteiger partial charge in [-0.25, -0.2) is 0 Å². The number of benzene rings is 4. The van der Waals surface area contributed by atoms with Crippen molar-refractivity contribution in [3.05, 3.63) is 90.0 Å². The Balaban J connectivity index is 1.94. The molecule has 0 saturated carbocycles. The van der Waals surface area contributed by atoms with Gasteiger partial charge < -0.3 is 9.13 Å². The number of hydrogen-bond donors (Lipinski definition) is 0. The second kappa shape index (κ2) is 5.74. The smallest absolute Gasteiger partial charge is 0.0641 e. The zero-order valence-corrected chi connectivity index (χ0v) is 16.9. The molecule has 0 bridgehead atoms. The molecule has 0 saturated heterocycles. The van der Waals surface area contributed by atoms with E-state index in [1.54, 1.807) is 0 Å². The van der Waals surface area contributed by atoms with Crippen LogP contribution in [0.25, 0.3) is 49.3 Å². The number of fused-ring (bicyclic) bond motifs is 7. The number of aryl methyl sites for hydroxylation is 3. The van der Waals surface area contributed by atoms with Gasteiger partial charge in [-0.2, -0.15) is 0 Å². The summed E-state index contributed by atoms with van der Waals surface area (Å²) in [5.41, 5.74) is 8.90. The topological polar surface area (TPSA) is 9.86 Å². The number of aromatic nitrogens is 2. The summed E-state index contributed by atoms with van der Waals surface area (Å²) in [6.07, 6.45) is 0. The Morgan fingerprint density at radius 1 is 0.586 bits per heavy atom. The molecule has 0 unspecified atom stereocenters. The predicted octanol–water partition coefficient (Wildman–Crippen LogP) is 7.05. The molecule has 4 aromatic carbocycles. The lowest BCUT2D eigenvalue weighted by atomic mass is 10.1. The Hall–Kier alpha value is -3.52. The van der Waals surface area contributed by atoms with E-state index < -0.39 is 0 Å². The first kappa shape index (κ1) is 16.4.